The molecule has 0 spiro atoms. The number of carbonyl (C=O) groups is 1. The molecule has 28 heavy (non-hydrogen) atoms. The van der Waals surface area contributed by atoms with Gasteiger partial charge in [0.1, 0.15) is 18.2 Å². The monoisotopic (exact) mass is 404 g/mol. The molecule has 1 amide bonds. The van der Waals surface area contributed by atoms with Crippen LogP contribution in [0.15, 0.2) is 40.9 Å². The minimum Gasteiger partial charge on any atom is -0.493 e. The Kier molecular flexibility index (Phi) is 5.84. The highest BCUT2D eigenvalue weighted by molar-refractivity contribution is 6.30. The number of hydrogen-bond donors (Lipinski definition) is 1. The topological polar surface area (TPSA) is 73.6 Å². The zero-order valence-corrected chi connectivity index (χ0v) is 16.3. The Bertz CT molecular complexity index is 1000. The van der Waals surface area contributed by atoms with Gasteiger partial charge in [0.05, 0.1) is 24.1 Å². The van der Waals surface area contributed by atoms with Crippen molar-refractivity contribution in [2.24, 2.45) is 0 Å². The molecule has 0 saturated carbocycles. The van der Waals surface area contributed by atoms with Gasteiger partial charge in [-0.2, -0.15) is 0 Å². The summed E-state index contributed by atoms with van der Waals surface area (Å²) in [4.78, 5) is 12.4. The highest BCUT2D eigenvalue weighted by Crippen LogP contribution is 2.30. The molecule has 0 aliphatic carbocycles. The Labute approximate surface area is 166 Å². The van der Waals surface area contributed by atoms with Gasteiger partial charge in [-0.25, -0.2) is 4.39 Å². The van der Waals surface area contributed by atoms with Crippen molar-refractivity contribution in [3.05, 3.63) is 69.8 Å². The van der Waals surface area contributed by atoms with Crippen LogP contribution in [0.2, 0.25) is 5.02 Å². The minimum absolute atomic E-state index is 0.0344. The summed E-state index contributed by atoms with van der Waals surface area (Å²) < 4.78 is 30.1. The van der Waals surface area contributed by atoms with Crippen molar-refractivity contribution in [3.8, 4) is 11.5 Å². The van der Waals surface area contributed by atoms with Crippen molar-refractivity contribution in [3.63, 3.8) is 0 Å². The number of anilines is 1. The number of aromatic nitrogens is 1. The van der Waals surface area contributed by atoms with E-state index in [1.807, 2.05) is 6.92 Å². The summed E-state index contributed by atoms with van der Waals surface area (Å²) in [6.45, 7) is 3.88. The number of halogens is 2. The molecule has 0 atom stereocenters. The third-order valence-corrected chi connectivity index (χ3v) is 4.39. The van der Waals surface area contributed by atoms with Crippen molar-refractivity contribution in [1.29, 1.82) is 0 Å². The molecule has 1 heterocycles. The molecule has 3 rings (SSSR count). The second-order valence-electron chi connectivity index (χ2n) is 6.04. The number of nitrogens with zero attached hydrogens (tertiary/aromatic N) is 1. The highest BCUT2D eigenvalue weighted by Gasteiger charge is 2.15. The van der Waals surface area contributed by atoms with Gasteiger partial charge in [0.15, 0.2) is 11.5 Å². The highest BCUT2D eigenvalue weighted by atomic mass is 35.5. The van der Waals surface area contributed by atoms with Crippen LogP contribution in [0.3, 0.4) is 0 Å². The fourth-order valence-corrected chi connectivity index (χ4v) is 2.73. The summed E-state index contributed by atoms with van der Waals surface area (Å²) in [6, 6.07) is 8.72. The predicted molar refractivity (Wildman–Crippen MR) is 103 cm³/mol. The summed E-state index contributed by atoms with van der Waals surface area (Å²) in [7, 11) is 1.47. The molecule has 1 N–H and O–H groups in total. The smallest absolute Gasteiger partial charge is 0.255 e. The number of methoxy groups -OCH3 is 1. The Balaban J connectivity index is 1.75. The van der Waals surface area contributed by atoms with E-state index in [0.717, 1.165) is 17.3 Å². The maximum atomic E-state index is 13.9. The molecule has 1 aromatic heterocycles. The summed E-state index contributed by atoms with van der Waals surface area (Å²) in [6.07, 6.45) is 0. The Morgan fingerprint density at radius 2 is 2.00 bits per heavy atom. The van der Waals surface area contributed by atoms with Gasteiger partial charge in [-0.3, -0.25) is 4.79 Å². The van der Waals surface area contributed by atoms with E-state index in [9.17, 15) is 9.18 Å². The number of carbonyl (C=O) groups excluding carboxylic acids is 1. The van der Waals surface area contributed by atoms with Crippen molar-refractivity contribution < 1.29 is 23.2 Å². The molecule has 3 aromatic rings. The first-order valence-electron chi connectivity index (χ1n) is 8.38. The molecule has 0 bridgehead atoms. The molecule has 0 fully saturated rings. The number of aryl methyl sites for hydroxylation is 2. The van der Waals surface area contributed by atoms with Crippen LogP contribution in [-0.4, -0.2) is 18.2 Å². The molecule has 6 nitrogen and oxygen atoms in total. The first kappa shape index (κ1) is 19.7. The lowest BCUT2D eigenvalue weighted by molar-refractivity contribution is 0.102. The Hall–Kier alpha value is -3.06. The van der Waals surface area contributed by atoms with Crippen molar-refractivity contribution >= 4 is 23.2 Å². The van der Waals surface area contributed by atoms with Gasteiger partial charge in [-0.1, -0.05) is 16.8 Å². The van der Waals surface area contributed by atoms with E-state index in [-0.39, 0.29) is 22.9 Å². The maximum absolute atomic E-state index is 13.9. The number of ether oxygens (including phenoxy) is 2. The van der Waals surface area contributed by atoms with Crippen LogP contribution in [0.4, 0.5) is 10.1 Å². The van der Waals surface area contributed by atoms with Gasteiger partial charge in [0, 0.05) is 10.6 Å². The first-order valence-corrected chi connectivity index (χ1v) is 8.76. The van der Waals surface area contributed by atoms with Gasteiger partial charge < -0.3 is 19.3 Å². The quantitative estimate of drug-likeness (QED) is 0.631. The number of nitrogens with one attached hydrogen (secondary N) is 1. The SMILES string of the molecule is COc1cc(C(=O)Nc2ccc(Cl)cc2F)ccc1OCc1c(C)noc1C. The molecule has 0 aliphatic rings. The Morgan fingerprint density at radius 3 is 2.64 bits per heavy atom. The van der Waals surface area contributed by atoms with Gasteiger partial charge >= 0.3 is 0 Å². The molecular formula is C20H18ClFN2O4. The van der Waals surface area contributed by atoms with E-state index >= 15 is 0 Å². The van der Waals surface area contributed by atoms with Gasteiger partial charge in [-0.05, 0) is 50.2 Å². The largest absolute Gasteiger partial charge is 0.493 e. The van der Waals surface area contributed by atoms with Gasteiger partial charge in [-0.15, -0.1) is 0 Å². The number of hydrogen-bond acceptors (Lipinski definition) is 5. The van der Waals surface area contributed by atoms with E-state index in [4.69, 9.17) is 25.6 Å². The average molecular weight is 405 g/mol. The standard InChI is InChI=1S/C20H18ClFN2O4/c1-11-15(12(2)28-24-11)10-27-18-7-4-13(8-19(18)26-3)20(25)23-17-6-5-14(21)9-16(17)22/h4-9H,10H2,1-3H3,(H,23,25). The van der Waals surface area contributed by atoms with E-state index < -0.39 is 11.7 Å². The van der Waals surface area contributed by atoms with Crippen LogP contribution in [0, 0.1) is 19.7 Å². The molecule has 146 valence electrons. The molecule has 0 unspecified atom stereocenters. The predicted octanol–water partition coefficient (Wildman–Crippen LogP) is 4.92. The van der Waals surface area contributed by atoms with Crippen molar-refractivity contribution in [2.45, 2.75) is 20.5 Å². The summed E-state index contributed by atoms with van der Waals surface area (Å²) in [5, 5.41) is 6.63. The number of rotatable bonds is 6. The number of amides is 1. The summed E-state index contributed by atoms with van der Waals surface area (Å²) in [5.41, 5.74) is 1.92. The zero-order valence-electron chi connectivity index (χ0n) is 15.5. The molecule has 0 radical (unpaired) electrons. The van der Waals surface area contributed by atoms with Crippen LogP contribution in [0.1, 0.15) is 27.4 Å². The van der Waals surface area contributed by atoms with Gasteiger partial charge in [0.2, 0.25) is 0 Å². The van der Waals surface area contributed by atoms with Crippen LogP contribution in [0.25, 0.3) is 0 Å². The minimum atomic E-state index is -0.618. The lowest BCUT2D eigenvalue weighted by atomic mass is 10.1. The van der Waals surface area contributed by atoms with E-state index in [1.54, 1.807) is 19.1 Å². The van der Waals surface area contributed by atoms with E-state index in [0.29, 0.717) is 17.3 Å². The van der Waals surface area contributed by atoms with Crippen molar-refractivity contribution in [2.75, 3.05) is 12.4 Å². The second-order valence-corrected chi connectivity index (χ2v) is 6.47. The first-order chi connectivity index (χ1) is 13.4. The third-order valence-electron chi connectivity index (χ3n) is 4.16. The van der Waals surface area contributed by atoms with E-state index in [1.165, 1.54) is 25.3 Å². The molecule has 2 aromatic carbocycles. The summed E-state index contributed by atoms with van der Waals surface area (Å²) >= 11 is 5.72. The van der Waals surface area contributed by atoms with Crippen LogP contribution < -0.4 is 14.8 Å². The molecule has 0 aliphatic heterocycles. The second kappa shape index (κ2) is 8.31. The van der Waals surface area contributed by atoms with Crippen molar-refractivity contribution in [1.82, 2.24) is 5.16 Å². The molecular weight excluding hydrogens is 387 g/mol. The Morgan fingerprint density at radius 1 is 1.21 bits per heavy atom. The maximum Gasteiger partial charge on any atom is 0.255 e. The molecule has 0 saturated heterocycles. The third kappa shape index (κ3) is 4.26. The van der Waals surface area contributed by atoms with Crippen LogP contribution in [0.5, 0.6) is 11.5 Å². The lowest BCUT2D eigenvalue weighted by Crippen LogP contribution is -2.13. The average Bonchev–Trinajstić information content (AvgIpc) is 3.00. The fourth-order valence-electron chi connectivity index (χ4n) is 2.57. The molecule has 8 heteroatoms. The fraction of sp³-hybridized carbons (Fsp3) is 0.200. The van der Waals surface area contributed by atoms with Gasteiger partial charge in [0.25, 0.3) is 5.91 Å². The van der Waals surface area contributed by atoms with Crippen LogP contribution in [-0.2, 0) is 6.61 Å². The zero-order chi connectivity index (χ0) is 20.3. The van der Waals surface area contributed by atoms with E-state index in [2.05, 4.69) is 10.5 Å². The number of benzene rings is 2. The summed E-state index contributed by atoms with van der Waals surface area (Å²) in [5.74, 6) is 0.397. The normalized spacial score (nSPS) is 10.6. The lowest BCUT2D eigenvalue weighted by Gasteiger charge is -2.12. The van der Waals surface area contributed by atoms with Crippen LogP contribution >= 0.6 is 11.6 Å².